The first-order valence-electron chi connectivity index (χ1n) is 10.7. The third-order valence-corrected chi connectivity index (χ3v) is 8.64. The van der Waals surface area contributed by atoms with Crippen LogP contribution in [0.1, 0.15) is 55.9 Å². The Kier molecular flexibility index (Phi) is 5.31. The van der Waals surface area contributed by atoms with Crippen LogP contribution in [0.5, 0.6) is 0 Å². The molecule has 0 aliphatic heterocycles. The Morgan fingerprint density at radius 2 is 1.94 bits per heavy atom. The second kappa shape index (κ2) is 7.75. The van der Waals surface area contributed by atoms with Gasteiger partial charge in [0.1, 0.15) is 0 Å². The third kappa shape index (κ3) is 4.10. The van der Waals surface area contributed by atoms with Gasteiger partial charge >= 0.3 is 0 Å². The highest BCUT2D eigenvalue weighted by atomic mass is 35.5. The van der Waals surface area contributed by atoms with E-state index in [9.17, 15) is 9.59 Å². The maximum Gasteiger partial charge on any atom is 0.232 e. The summed E-state index contributed by atoms with van der Waals surface area (Å²) < 4.78 is 0. The predicted molar refractivity (Wildman–Crippen MR) is 124 cm³/mol. The number of anilines is 1. The highest BCUT2D eigenvalue weighted by Gasteiger charge is 2.60. The number of hydrogen-bond acceptors (Lipinski definition) is 4. The largest absolute Gasteiger partial charge is 0.351 e. The summed E-state index contributed by atoms with van der Waals surface area (Å²) in [6, 6.07) is 5.48. The first kappa shape index (κ1) is 21.2. The molecule has 2 unspecified atom stereocenters. The zero-order valence-electron chi connectivity index (χ0n) is 17.3. The minimum atomic E-state index is -0.405. The van der Waals surface area contributed by atoms with Crippen LogP contribution in [0.25, 0.3) is 0 Å². The number of rotatable bonds is 5. The second-order valence-electron chi connectivity index (χ2n) is 9.70. The van der Waals surface area contributed by atoms with Crippen LogP contribution in [0.15, 0.2) is 24.4 Å². The van der Waals surface area contributed by atoms with Gasteiger partial charge in [0, 0.05) is 40.0 Å². The normalized spacial score (nSPS) is 30.9. The molecule has 5 nitrogen and oxygen atoms in total. The van der Waals surface area contributed by atoms with Gasteiger partial charge in [-0.1, -0.05) is 29.3 Å². The van der Waals surface area contributed by atoms with Gasteiger partial charge < -0.3 is 10.6 Å². The number of nitrogens with one attached hydrogen (secondary N) is 2. The number of hydrogen-bond donors (Lipinski definition) is 2. The summed E-state index contributed by atoms with van der Waals surface area (Å²) in [5, 5.41) is 8.18. The summed E-state index contributed by atoms with van der Waals surface area (Å²) in [6.07, 6.45) is 8.18. The first-order valence-corrected chi connectivity index (χ1v) is 12.3. The maximum atomic E-state index is 13.5. The summed E-state index contributed by atoms with van der Waals surface area (Å²) in [4.78, 5) is 30.8. The van der Waals surface area contributed by atoms with Crippen LogP contribution < -0.4 is 10.6 Å². The zero-order chi connectivity index (χ0) is 21.8. The van der Waals surface area contributed by atoms with Gasteiger partial charge in [0.15, 0.2) is 5.13 Å². The van der Waals surface area contributed by atoms with Gasteiger partial charge in [0.2, 0.25) is 11.8 Å². The minimum Gasteiger partial charge on any atom is -0.351 e. The fraction of sp³-hybridized carbons (Fsp3) is 0.522. The monoisotopic (exact) mass is 477 g/mol. The summed E-state index contributed by atoms with van der Waals surface area (Å²) in [7, 11) is 0. The SMILES string of the molecule is CC(=O)NC12C[C@H]3C[C@@H](C1)CC(C(=O)Nc1ncc(Cc4ccc(Cl)cc4Cl)s1)(C3)C2. The molecule has 4 aliphatic rings. The highest BCUT2D eigenvalue weighted by Crippen LogP contribution is 2.62. The van der Waals surface area contributed by atoms with Crippen LogP contribution in [-0.2, 0) is 16.0 Å². The molecule has 4 bridgehead atoms. The smallest absolute Gasteiger partial charge is 0.232 e. The lowest BCUT2D eigenvalue weighted by Crippen LogP contribution is -2.65. The molecule has 6 rings (SSSR count). The van der Waals surface area contributed by atoms with E-state index in [-0.39, 0.29) is 17.4 Å². The molecule has 0 spiro atoms. The first-order chi connectivity index (χ1) is 14.7. The van der Waals surface area contributed by atoms with E-state index < -0.39 is 5.41 Å². The van der Waals surface area contributed by atoms with E-state index in [1.54, 1.807) is 19.2 Å². The van der Waals surface area contributed by atoms with Crippen molar-refractivity contribution < 1.29 is 9.59 Å². The Labute approximate surface area is 195 Å². The van der Waals surface area contributed by atoms with Crippen molar-refractivity contribution >= 4 is 51.5 Å². The van der Waals surface area contributed by atoms with Crippen molar-refractivity contribution in [3.63, 3.8) is 0 Å². The van der Waals surface area contributed by atoms with Crippen LogP contribution >= 0.6 is 34.5 Å². The highest BCUT2D eigenvalue weighted by molar-refractivity contribution is 7.15. The molecule has 0 saturated heterocycles. The number of thiazole rings is 1. The van der Waals surface area contributed by atoms with Crippen LogP contribution in [0, 0.1) is 17.3 Å². The molecule has 1 aromatic heterocycles. The lowest BCUT2D eigenvalue weighted by atomic mass is 9.46. The molecule has 1 heterocycles. The molecule has 31 heavy (non-hydrogen) atoms. The fourth-order valence-corrected chi connectivity index (χ4v) is 7.88. The van der Waals surface area contributed by atoms with Crippen molar-refractivity contribution in [2.45, 2.75) is 57.4 Å². The van der Waals surface area contributed by atoms with Crippen molar-refractivity contribution in [3.8, 4) is 0 Å². The van der Waals surface area contributed by atoms with Crippen LogP contribution in [0.3, 0.4) is 0 Å². The zero-order valence-corrected chi connectivity index (χ0v) is 19.7. The van der Waals surface area contributed by atoms with E-state index in [1.807, 2.05) is 12.1 Å². The van der Waals surface area contributed by atoms with Gasteiger partial charge in [-0.2, -0.15) is 0 Å². The van der Waals surface area contributed by atoms with Crippen LogP contribution in [0.2, 0.25) is 10.0 Å². The minimum absolute atomic E-state index is 0.00272. The van der Waals surface area contributed by atoms with Crippen molar-refractivity contribution in [2.24, 2.45) is 17.3 Å². The molecular weight excluding hydrogens is 453 g/mol. The summed E-state index contributed by atoms with van der Waals surface area (Å²) in [5.41, 5.74) is 0.357. The fourth-order valence-electron chi connectivity index (χ4n) is 6.58. The summed E-state index contributed by atoms with van der Waals surface area (Å²) in [5.74, 6) is 1.08. The second-order valence-corrected chi connectivity index (χ2v) is 11.7. The predicted octanol–water partition coefficient (Wildman–Crippen LogP) is 5.45. The molecule has 164 valence electrons. The molecule has 2 N–H and O–H groups in total. The van der Waals surface area contributed by atoms with Crippen LogP contribution in [-0.4, -0.2) is 22.3 Å². The summed E-state index contributed by atoms with van der Waals surface area (Å²) >= 11 is 13.8. The third-order valence-electron chi connectivity index (χ3n) is 7.14. The Balaban J connectivity index is 1.31. The Hall–Kier alpha value is -1.63. The Morgan fingerprint density at radius 1 is 1.19 bits per heavy atom. The van der Waals surface area contributed by atoms with Crippen molar-refractivity contribution in [1.29, 1.82) is 0 Å². The molecule has 2 aromatic rings. The van der Waals surface area contributed by atoms with Crippen molar-refractivity contribution in [2.75, 3.05) is 5.32 Å². The molecule has 4 saturated carbocycles. The number of halogens is 2. The van der Waals surface area contributed by atoms with Crippen LogP contribution in [0.4, 0.5) is 5.13 Å². The topological polar surface area (TPSA) is 71.1 Å². The van der Waals surface area contributed by atoms with Gasteiger partial charge in [-0.15, -0.1) is 11.3 Å². The molecule has 1 aromatic carbocycles. The van der Waals surface area contributed by atoms with Crippen molar-refractivity contribution in [1.82, 2.24) is 10.3 Å². The van der Waals surface area contributed by atoms with E-state index >= 15 is 0 Å². The van der Waals surface area contributed by atoms with Gasteiger partial charge in [0.25, 0.3) is 0 Å². The summed E-state index contributed by atoms with van der Waals surface area (Å²) in [6.45, 7) is 1.58. The lowest BCUT2D eigenvalue weighted by Gasteiger charge is -2.61. The number of amides is 2. The number of carbonyl (C=O) groups is 2. The van der Waals surface area contributed by atoms with Gasteiger partial charge in [-0.25, -0.2) is 4.98 Å². The molecular formula is C23H25Cl2N3O2S. The molecule has 0 radical (unpaired) electrons. The average molecular weight is 478 g/mol. The molecule has 4 atom stereocenters. The standard InChI is InChI=1S/C23H25Cl2N3O2S/c1-13(29)28-23-9-14-4-15(10-23)8-22(7-14,12-23)20(30)27-21-26-11-18(31-21)5-16-2-3-17(24)6-19(16)25/h2-3,6,11,14-15H,4-5,7-10,12H2,1H3,(H,28,29)(H,26,27,30)/t14-,15+,22?,23?. The van der Waals surface area contributed by atoms with Gasteiger partial charge in [-0.05, 0) is 68.1 Å². The maximum absolute atomic E-state index is 13.5. The lowest BCUT2D eigenvalue weighted by molar-refractivity contribution is -0.148. The quantitative estimate of drug-likeness (QED) is 0.600. The average Bonchev–Trinajstić information content (AvgIpc) is 3.09. The van der Waals surface area contributed by atoms with E-state index in [0.29, 0.717) is 33.4 Å². The van der Waals surface area contributed by atoms with E-state index in [2.05, 4.69) is 15.6 Å². The number of nitrogens with zero attached hydrogens (tertiary/aromatic N) is 1. The van der Waals surface area contributed by atoms with Crippen molar-refractivity contribution in [3.05, 3.63) is 44.9 Å². The number of carbonyl (C=O) groups excluding carboxylic acids is 2. The Morgan fingerprint density at radius 3 is 2.61 bits per heavy atom. The van der Waals surface area contributed by atoms with Gasteiger partial charge in [-0.3, -0.25) is 9.59 Å². The molecule has 4 fully saturated rings. The van der Waals surface area contributed by atoms with Gasteiger partial charge in [0.05, 0.1) is 5.41 Å². The van der Waals surface area contributed by atoms with E-state index in [4.69, 9.17) is 23.2 Å². The molecule has 4 aliphatic carbocycles. The number of aromatic nitrogens is 1. The van der Waals surface area contributed by atoms with E-state index in [1.165, 1.54) is 17.8 Å². The number of benzene rings is 1. The van der Waals surface area contributed by atoms with E-state index in [0.717, 1.165) is 42.5 Å². The molecule has 8 heteroatoms. The molecule has 2 amide bonds. The Bertz CT molecular complexity index is 1040.